The first kappa shape index (κ1) is 8.98. The van der Waals surface area contributed by atoms with Gasteiger partial charge in [-0.2, -0.15) is 5.26 Å². The SMILES string of the molecule is N#Cc1ccccc1C1CC=CCN1. The quantitative estimate of drug-likeness (QED) is 0.679. The van der Waals surface area contributed by atoms with Crippen LogP contribution in [0.25, 0.3) is 0 Å². The summed E-state index contributed by atoms with van der Waals surface area (Å²) in [7, 11) is 0. The van der Waals surface area contributed by atoms with E-state index in [2.05, 4.69) is 23.5 Å². The van der Waals surface area contributed by atoms with E-state index in [1.54, 1.807) is 0 Å². The highest BCUT2D eigenvalue weighted by atomic mass is 14.9. The van der Waals surface area contributed by atoms with E-state index in [1.807, 2.05) is 24.3 Å². The molecule has 70 valence electrons. The van der Waals surface area contributed by atoms with E-state index in [0.717, 1.165) is 24.1 Å². The Bertz CT molecular complexity index is 388. The molecule has 2 rings (SSSR count). The number of hydrogen-bond donors (Lipinski definition) is 1. The summed E-state index contributed by atoms with van der Waals surface area (Å²) >= 11 is 0. The lowest BCUT2D eigenvalue weighted by Gasteiger charge is -2.20. The molecule has 1 aliphatic rings. The van der Waals surface area contributed by atoms with Gasteiger partial charge in [0.2, 0.25) is 0 Å². The number of nitrogens with zero attached hydrogens (tertiary/aromatic N) is 1. The maximum Gasteiger partial charge on any atom is 0.0995 e. The molecule has 1 aromatic rings. The lowest BCUT2D eigenvalue weighted by molar-refractivity contribution is 0.554. The number of rotatable bonds is 1. The zero-order valence-corrected chi connectivity index (χ0v) is 7.90. The van der Waals surface area contributed by atoms with E-state index < -0.39 is 0 Å². The third-order valence-corrected chi connectivity index (χ3v) is 2.48. The van der Waals surface area contributed by atoms with Gasteiger partial charge in [-0.1, -0.05) is 30.4 Å². The summed E-state index contributed by atoms with van der Waals surface area (Å²) in [5.41, 5.74) is 1.89. The van der Waals surface area contributed by atoms with E-state index in [1.165, 1.54) is 0 Å². The first-order valence-corrected chi connectivity index (χ1v) is 4.79. The van der Waals surface area contributed by atoms with Gasteiger partial charge in [0.05, 0.1) is 11.6 Å². The van der Waals surface area contributed by atoms with Crippen molar-refractivity contribution in [1.82, 2.24) is 5.32 Å². The number of benzene rings is 1. The van der Waals surface area contributed by atoms with Crippen molar-refractivity contribution in [2.45, 2.75) is 12.5 Å². The van der Waals surface area contributed by atoms with Gasteiger partial charge in [-0.25, -0.2) is 0 Å². The summed E-state index contributed by atoms with van der Waals surface area (Å²) in [5.74, 6) is 0. The lowest BCUT2D eigenvalue weighted by atomic mass is 9.97. The van der Waals surface area contributed by atoms with Gasteiger partial charge in [0, 0.05) is 12.6 Å². The summed E-state index contributed by atoms with van der Waals surface area (Å²) < 4.78 is 0. The van der Waals surface area contributed by atoms with Crippen LogP contribution >= 0.6 is 0 Å². The molecular weight excluding hydrogens is 172 g/mol. The molecule has 0 bridgehead atoms. The van der Waals surface area contributed by atoms with Crippen LogP contribution in [-0.2, 0) is 0 Å². The van der Waals surface area contributed by atoms with Crippen molar-refractivity contribution in [3.8, 4) is 6.07 Å². The molecule has 1 aromatic carbocycles. The van der Waals surface area contributed by atoms with Crippen LogP contribution < -0.4 is 5.32 Å². The number of nitriles is 1. The molecule has 2 heteroatoms. The van der Waals surface area contributed by atoms with Crippen LogP contribution in [0.1, 0.15) is 23.6 Å². The maximum absolute atomic E-state index is 8.95. The Morgan fingerprint density at radius 2 is 2.14 bits per heavy atom. The zero-order valence-electron chi connectivity index (χ0n) is 7.90. The smallest absolute Gasteiger partial charge is 0.0995 e. The first-order valence-electron chi connectivity index (χ1n) is 4.79. The van der Waals surface area contributed by atoms with Gasteiger partial charge in [0.1, 0.15) is 0 Å². The van der Waals surface area contributed by atoms with Gasteiger partial charge in [-0.15, -0.1) is 0 Å². The Morgan fingerprint density at radius 1 is 1.29 bits per heavy atom. The van der Waals surface area contributed by atoms with Crippen molar-refractivity contribution in [3.05, 3.63) is 47.5 Å². The summed E-state index contributed by atoms with van der Waals surface area (Å²) in [6.45, 7) is 0.893. The largest absolute Gasteiger partial charge is 0.306 e. The second kappa shape index (κ2) is 4.08. The molecule has 1 N–H and O–H groups in total. The van der Waals surface area contributed by atoms with Gasteiger partial charge in [0.15, 0.2) is 0 Å². The molecule has 0 radical (unpaired) electrons. The topological polar surface area (TPSA) is 35.8 Å². The molecule has 1 atom stereocenters. The van der Waals surface area contributed by atoms with Crippen LogP contribution in [0.15, 0.2) is 36.4 Å². The monoisotopic (exact) mass is 184 g/mol. The molecular formula is C12H12N2. The van der Waals surface area contributed by atoms with Crippen molar-refractivity contribution < 1.29 is 0 Å². The molecule has 1 aliphatic heterocycles. The van der Waals surface area contributed by atoms with Crippen LogP contribution in [0.5, 0.6) is 0 Å². The molecule has 2 nitrogen and oxygen atoms in total. The highest BCUT2D eigenvalue weighted by Crippen LogP contribution is 2.22. The summed E-state index contributed by atoms with van der Waals surface area (Å²) in [6.07, 6.45) is 5.25. The van der Waals surface area contributed by atoms with Crippen molar-refractivity contribution in [3.63, 3.8) is 0 Å². The van der Waals surface area contributed by atoms with Crippen LogP contribution in [0, 0.1) is 11.3 Å². The Morgan fingerprint density at radius 3 is 2.86 bits per heavy atom. The Hall–Kier alpha value is -1.59. The van der Waals surface area contributed by atoms with Crippen LogP contribution in [0.4, 0.5) is 0 Å². The fraction of sp³-hybridized carbons (Fsp3) is 0.250. The van der Waals surface area contributed by atoms with Gasteiger partial charge in [0.25, 0.3) is 0 Å². The molecule has 0 spiro atoms. The summed E-state index contributed by atoms with van der Waals surface area (Å²) in [5, 5.41) is 12.3. The highest BCUT2D eigenvalue weighted by molar-refractivity contribution is 5.39. The fourth-order valence-electron chi connectivity index (χ4n) is 1.75. The number of hydrogen-bond acceptors (Lipinski definition) is 2. The minimum atomic E-state index is 0.302. The van der Waals surface area contributed by atoms with E-state index in [0.29, 0.717) is 6.04 Å². The van der Waals surface area contributed by atoms with Gasteiger partial charge in [-0.3, -0.25) is 0 Å². The van der Waals surface area contributed by atoms with Crippen LogP contribution in [0.2, 0.25) is 0 Å². The van der Waals surface area contributed by atoms with Crippen LogP contribution in [-0.4, -0.2) is 6.54 Å². The third kappa shape index (κ3) is 1.68. The standard InChI is InChI=1S/C12H12N2/c13-9-10-5-1-2-6-11(10)12-7-3-4-8-14-12/h1-6,12,14H,7-8H2. The zero-order chi connectivity index (χ0) is 9.80. The third-order valence-electron chi connectivity index (χ3n) is 2.48. The maximum atomic E-state index is 8.95. The molecule has 0 saturated carbocycles. The molecule has 1 heterocycles. The summed E-state index contributed by atoms with van der Waals surface area (Å²) in [6, 6.07) is 10.3. The Labute approximate surface area is 83.9 Å². The predicted molar refractivity (Wildman–Crippen MR) is 55.7 cm³/mol. The lowest BCUT2D eigenvalue weighted by Crippen LogP contribution is -2.24. The van der Waals surface area contributed by atoms with Crippen molar-refractivity contribution in [1.29, 1.82) is 5.26 Å². The van der Waals surface area contributed by atoms with Crippen molar-refractivity contribution >= 4 is 0 Å². The van der Waals surface area contributed by atoms with E-state index in [9.17, 15) is 0 Å². The average molecular weight is 184 g/mol. The van der Waals surface area contributed by atoms with E-state index >= 15 is 0 Å². The van der Waals surface area contributed by atoms with Crippen LogP contribution in [0.3, 0.4) is 0 Å². The molecule has 0 saturated heterocycles. The van der Waals surface area contributed by atoms with E-state index in [4.69, 9.17) is 5.26 Å². The van der Waals surface area contributed by atoms with E-state index in [-0.39, 0.29) is 0 Å². The van der Waals surface area contributed by atoms with Gasteiger partial charge >= 0.3 is 0 Å². The van der Waals surface area contributed by atoms with Crippen molar-refractivity contribution in [2.24, 2.45) is 0 Å². The minimum absolute atomic E-state index is 0.302. The first-order chi connectivity index (χ1) is 6.92. The summed E-state index contributed by atoms with van der Waals surface area (Å²) in [4.78, 5) is 0. The molecule has 0 aliphatic carbocycles. The molecule has 14 heavy (non-hydrogen) atoms. The van der Waals surface area contributed by atoms with Crippen molar-refractivity contribution in [2.75, 3.05) is 6.54 Å². The van der Waals surface area contributed by atoms with Gasteiger partial charge in [-0.05, 0) is 18.1 Å². The second-order valence-corrected chi connectivity index (χ2v) is 3.37. The Balaban J connectivity index is 2.31. The highest BCUT2D eigenvalue weighted by Gasteiger charge is 2.14. The Kier molecular flexibility index (Phi) is 2.62. The predicted octanol–water partition coefficient (Wildman–Crippen LogP) is 2.15. The molecule has 0 amide bonds. The number of nitrogens with one attached hydrogen (secondary N) is 1. The second-order valence-electron chi connectivity index (χ2n) is 3.37. The molecule has 1 unspecified atom stereocenters. The minimum Gasteiger partial charge on any atom is -0.306 e. The normalized spacial score (nSPS) is 20.4. The molecule has 0 aromatic heterocycles. The van der Waals surface area contributed by atoms with Gasteiger partial charge < -0.3 is 5.32 Å². The molecule has 0 fully saturated rings. The average Bonchev–Trinajstić information content (AvgIpc) is 2.30. The fourth-order valence-corrected chi connectivity index (χ4v) is 1.75.